The Balaban J connectivity index is 1.68. The Morgan fingerprint density at radius 1 is 1.23 bits per heavy atom. The van der Waals surface area contributed by atoms with Gasteiger partial charge in [-0.3, -0.25) is 0 Å². The maximum atomic E-state index is 9.52. The normalized spacial score (nSPS) is 39.3. The summed E-state index contributed by atoms with van der Waals surface area (Å²) in [6.07, 6.45) is 7.34. The van der Waals surface area contributed by atoms with E-state index < -0.39 is 0 Å². The van der Waals surface area contributed by atoms with Crippen molar-refractivity contribution in [3.63, 3.8) is 0 Å². The van der Waals surface area contributed by atoms with E-state index in [2.05, 4.69) is 31.2 Å². The number of nitriles is 1. The second kappa shape index (κ2) is 5.01. The van der Waals surface area contributed by atoms with Crippen LogP contribution in [-0.4, -0.2) is 7.11 Å². The van der Waals surface area contributed by atoms with Crippen molar-refractivity contribution in [1.82, 2.24) is 0 Å². The zero-order chi connectivity index (χ0) is 15.3. The van der Waals surface area contributed by atoms with Crippen LogP contribution in [0.4, 0.5) is 0 Å². The Morgan fingerprint density at radius 3 is 2.86 bits per heavy atom. The zero-order valence-electron chi connectivity index (χ0n) is 13.6. The number of methoxy groups -OCH3 is 1. The number of nitrogens with zero attached hydrogens (tertiary/aromatic N) is 1. The molecule has 2 saturated carbocycles. The highest BCUT2D eigenvalue weighted by Gasteiger charge is 2.54. The van der Waals surface area contributed by atoms with Crippen molar-refractivity contribution in [2.24, 2.45) is 23.2 Å². The van der Waals surface area contributed by atoms with E-state index in [1.807, 2.05) is 0 Å². The first kappa shape index (κ1) is 14.1. The number of fused-ring (bicyclic) bond motifs is 5. The molecule has 0 radical (unpaired) electrons. The molecular weight excluding hydrogens is 270 g/mol. The molecule has 0 saturated heterocycles. The largest absolute Gasteiger partial charge is 0.497 e. The van der Waals surface area contributed by atoms with Gasteiger partial charge in [0.2, 0.25) is 0 Å². The predicted molar refractivity (Wildman–Crippen MR) is 86.7 cm³/mol. The number of rotatable bonds is 1. The van der Waals surface area contributed by atoms with Gasteiger partial charge in [-0.1, -0.05) is 13.0 Å². The van der Waals surface area contributed by atoms with Crippen molar-refractivity contribution in [3.8, 4) is 11.8 Å². The third-order valence-corrected chi connectivity index (χ3v) is 7.09. The number of ether oxygens (including phenoxy) is 1. The van der Waals surface area contributed by atoms with Gasteiger partial charge in [-0.25, -0.2) is 0 Å². The summed E-state index contributed by atoms with van der Waals surface area (Å²) in [5.74, 6) is 3.54. The summed E-state index contributed by atoms with van der Waals surface area (Å²) in [7, 11) is 1.75. The van der Waals surface area contributed by atoms with E-state index >= 15 is 0 Å². The predicted octanol–water partition coefficient (Wildman–Crippen LogP) is 4.69. The van der Waals surface area contributed by atoms with E-state index in [4.69, 9.17) is 4.74 Å². The van der Waals surface area contributed by atoms with E-state index in [1.165, 1.54) is 37.7 Å². The van der Waals surface area contributed by atoms with Gasteiger partial charge in [-0.2, -0.15) is 5.26 Å². The first-order valence-electron chi connectivity index (χ1n) is 8.74. The van der Waals surface area contributed by atoms with E-state index in [9.17, 15) is 5.26 Å². The average Bonchev–Trinajstić information content (AvgIpc) is 2.90. The fourth-order valence-electron chi connectivity index (χ4n) is 5.90. The van der Waals surface area contributed by atoms with Crippen molar-refractivity contribution >= 4 is 0 Å². The van der Waals surface area contributed by atoms with Gasteiger partial charge >= 0.3 is 0 Å². The summed E-state index contributed by atoms with van der Waals surface area (Å²) < 4.78 is 5.39. The molecular formula is C20H25NO. The second-order valence-electron chi connectivity index (χ2n) is 7.78. The van der Waals surface area contributed by atoms with Gasteiger partial charge in [0.25, 0.3) is 0 Å². The summed E-state index contributed by atoms with van der Waals surface area (Å²) in [5, 5.41) is 9.52. The van der Waals surface area contributed by atoms with Crippen LogP contribution in [0.25, 0.3) is 0 Å². The zero-order valence-corrected chi connectivity index (χ0v) is 13.6. The van der Waals surface area contributed by atoms with Crippen LogP contribution in [0.3, 0.4) is 0 Å². The molecule has 0 spiro atoms. The van der Waals surface area contributed by atoms with Crippen LogP contribution < -0.4 is 4.74 Å². The number of aryl methyl sites for hydroxylation is 1. The molecule has 0 heterocycles. The molecule has 1 unspecified atom stereocenters. The fourth-order valence-corrected chi connectivity index (χ4v) is 5.90. The molecule has 0 aliphatic heterocycles. The molecule has 4 rings (SSSR count). The molecule has 5 atom stereocenters. The summed E-state index contributed by atoms with van der Waals surface area (Å²) in [4.78, 5) is 0. The highest BCUT2D eigenvalue weighted by molar-refractivity contribution is 5.40. The van der Waals surface area contributed by atoms with Gasteiger partial charge in [0.15, 0.2) is 0 Å². The molecule has 116 valence electrons. The van der Waals surface area contributed by atoms with E-state index in [0.717, 1.165) is 24.0 Å². The quantitative estimate of drug-likeness (QED) is 0.753. The molecule has 3 aliphatic rings. The summed E-state index contributed by atoms with van der Waals surface area (Å²) in [6, 6.07) is 9.30. The number of hydrogen-bond acceptors (Lipinski definition) is 2. The van der Waals surface area contributed by atoms with Crippen LogP contribution in [-0.2, 0) is 6.42 Å². The van der Waals surface area contributed by atoms with Gasteiger partial charge in [0.1, 0.15) is 5.75 Å². The van der Waals surface area contributed by atoms with Crippen LogP contribution in [0.15, 0.2) is 18.2 Å². The van der Waals surface area contributed by atoms with Crippen molar-refractivity contribution < 1.29 is 4.74 Å². The Hall–Kier alpha value is -1.49. The lowest BCUT2D eigenvalue weighted by atomic mass is 9.54. The first-order valence-corrected chi connectivity index (χ1v) is 8.74. The van der Waals surface area contributed by atoms with Gasteiger partial charge < -0.3 is 4.74 Å². The lowest BCUT2D eigenvalue weighted by molar-refractivity contribution is 0.0427. The SMILES string of the molecule is COc1ccc2c(c1)CC[C@@H]1[C@@H]2CC[C@]2(C)C(C#N)CC[C@@H]12. The van der Waals surface area contributed by atoms with Crippen LogP contribution in [0.5, 0.6) is 5.75 Å². The maximum absolute atomic E-state index is 9.52. The molecule has 0 amide bonds. The van der Waals surface area contributed by atoms with Crippen LogP contribution in [0.1, 0.15) is 56.1 Å². The number of hydrogen-bond donors (Lipinski definition) is 0. The molecule has 0 aromatic heterocycles. The standard InChI is InChI=1S/C20H25NO/c1-20-10-9-17-16-7-5-15(22-2)11-13(16)3-6-18(17)19(20)8-4-14(20)12-21/h5,7,11,14,17-19H,3-4,6,8-10H2,1-2H3/t14?,17-,18-,19+,20-/m1/s1. The first-order chi connectivity index (χ1) is 10.7. The smallest absolute Gasteiger partial charge is 0.119 e. The van der Waals surface area contributed by atoms with Crippen LogP contribution >= 0.6 is 0 Å². The third kappa shape index (κ3) is 1.84. The highest BCUT2D eigenvalue weighted by Crippen LogP contribution is 2.62. The molecule has 1 aromatic rings. The molecule has 2 nitrogen and oxygen atoms in total. The monoisotopic (exact) mass is 295 g/mol. The molecule has 3 aliphatic carbocycles. The minimum atomic E-state index is 0.278. The lowest BCUT2D eigenvalue weighted by Crippen LogP contribution is -2.42. The van der Waals surface area contributed by atoms with Crippen molar-refractivity contribution in [1.29, 1.82) is 5.26 Å². The second-order valence-corrected chi connectivity index (χ2v) is 7.78. The Labute approximate surface area is 133 Å². The molecule has 22 heavy (non-hydrogen) atoms. The maximum Gasteiger partial charge on any atom is 0.119 e. The van der Waals surface area contributed by atoms with E-state index in [-0.39, 0.29) is 11.3 Å². The van der Waals surface area contributed by atoms with Gasteiger partial charge in [0.05, 0.1) is 19.1 Å². The Morgan fingerprint density at radius 2 is 2.09 bits per heavy atom. The Kier molecular flexibility index (Phi) is 3.22. The van der Waals surface area contributed by atoms with Crippen molar-refractivity contribution in [3.05, 3.63) is 29.3 Å². The average molecular weight is 295 g/mol. The molecule has 0 bridgehead atoms. The fraction of sp³-hybridized carbons (Fsp3) is 0.650. The van der Waals surface area contributed by atoms with Crippen LogP contribution in [0.2, 0.25) is 0 Å². The minimum Gasteiger partial charge on any atom is -0.497 e. The Bertz CT molecular complexity index is 631. The molecule has 2 heteroatoms. The van der Waals surface area contributed by atoms with Gasteiger partial charge in [-0.15, -0.1) is 0 Å². The van der Waals surface area contributed by atoms with Crippen molar-refractivity contribution in [2.75, 3.05) is 7.11 Å². The van der Waals surface area contributed by atoms with E-state index in [1.54, 1.807) is 12.7 Å². The van der Waals surface area contributed by atoms with Crippen LogP contribution in [0, 0.1) is 34.5 Å². The van der Waals surface area contributed by atoms with Gasteiger partial charge in [0, 0.05) is 0 Å². The lowest BCUT2D eigenvalue weighted by Gasteiger charge is -2.50. The topological polar surface area (TPSA) is 33.0 Å². The van der Waals surface area contributed by atoms with Crippen molar-refractivity contribution in [2.45, 2.75) is 51.4 Å². The molecule has 2 fully saturated rings. The highest BCUT2D eigenvalue weighted by atomic mass is 16.5. The third-order valence-electron chi connectivity index (χ3n) is 7.09. The number of benzene rings is 1. The minimum absolute atomic E-state index is 0.278. The van der Waals surface area contributed by atoms with E-state index in [0.29, 0.717) is 5.92 Å². The van der Waals surface area contributed by atoms with Gasteiger partial charge in [-0.05, 0) is 85.0 Å². The molecule has 1 aromatic carbocycles. The summed E-state index contributed by atoms with van der Waals surface area (Å²) >= 11 is 0. The summed E-state index contributed by atoms with van der Waals surface area (Å²) in [6.45, 7) is 2.40. The molecule has 0 N–H and O–H groups in total. The summed E-state index contributed by atoms with van der Waals surface area (Å²) in [5.41, 5.74) is 3.35.